The molecule has 2 N–H and O–H groups in total. The molecule has 0 aliphatic rings. The molecule has 0 saturated heterocycles. The summed E-state index contributed by atoms with van der Waals surface area (Å²) in [4.78, 5) is 16.2. The second kappa shape index (κ2) is 5.45. The van der Waals surface area contributed by atoms with Gasteiger partial charge in [-0.05, 0) is 28.7 Å². The third-order valence-electron chi connectivity index (χ3n) is 3.26. The Bertz CT molecular complexity index is 592. The summed E-state index contributed by atoms with van der Waals surface area (Å²) < 4.78 is 0. The van der Waals surface area contributed by atoms with Gasteiger partial charge in [-0.3, -0.25) is 9.78 Å². The van der Waals surface area contributed by atoms with E-state index in [0.29, 0.717) is 17.8 Å². The van der Waals surface area contributed by atoms with Crippen molar-refractivity contribution in [2.75, 3.05) is 5.73 Å². The third kappa shape index (κ3) is 3.44. The number of aromatic nitrogens is 1. The summed E-state index contributed by atoms with van der Waals surface area (Å²) in [5.41, 5.74) is 8.98. The highest BCUT2D eigenvalue weighted by Crippen LogP contribution is 2.22. The first-order valence-corrected chi connectivity index (χ1v) is 6.70. The largest absolute Gasteiger partial charge is 0.397 e. The second-order valence-corrected chi connectivity index (χ2v) is 6.02. The van der Waals surface area contributed by atoms with E-state index in [-0.39, 0.29) is 11.2 Å². The number of benzene rings is 1. The molecule has 0 saturated carbocycles. The highest BCUT2D eigenvalue weighted by Gasteiger charge is 2.14. The Morgan fingerprint density at radius 1 is 1.10 bits per heavy atom. The van der Waals surface area contributed by atoms with Crippen molar-refractivity contribution in [1.29, 1.82) is 0 Å². The van der Waals surface area contributed by atoms with Gasteiger partial charge in [0.05, 0.1) is 11.9 Å². The quantitative estimate of drug-likeness (QED) is 0.868. The molecule has 0 fully saturated rings. The van der Waals surface area contributed by atoms with Gasteiger partial charge in [0.15, 0.2) is 5.78 Å². The van der Waals surface area contributed by atoms with Crippen LogP contribution in [0.25, 0.3) is 0 Å². The van der Waals surface area contributed by atoms with Crippen molar-refractivity contribution in [1.82, 2.24) is 4.98 Å². The number of nitrogen functional groups attached to an aromatic ring is 1. The molecule has 0 atom stereocenters. The Hall–Kier alpha value is -2.16. The third-order valence-corrected chi connectivity index (χ3v) is 3.26. The van der Waals surface area contributed by atoms with Crippen LogP contribution in [0, 0.1) is 0 Å². The molecule has 0 aliphatic carbocycles. The lowest BCUT2D eigenvalue weighted by atomic mass is 9.86. The highest BCUT2D eigenvalue weighted by molar-refractivity contribution is 5.95. The maximum atomic E-state index is 12.1. The fourth-order valence-electron chi connectivity index (χ4n) is 1.97. The van der Waals surface area contributed by atoms with Crippen molar-refractivity contribution in [3.8, 4) is 0 Å². The normalized spacial score (nSPS) is 11.3. The Labute approximate surface area is 119 Å². The van der Waals surface area contributed by atoms with Crippen LogP contribution in [0.5, 0.6) is 0 Å². The van der Waals surface area contributed by atoms with Crippen molar-refractivity contribution in [2.24, 2.45) is 0 Å². The van der Waals surface area contributed by atoms with Crippen molar-refractivity contribution in [3.05, 3.63) is 59.4 Å². The van der Waals surface area contributed by atoms with Gasteiger partial charge >= 0.3 is 0 Å². The van der Waals surface area contributed by atoms with Gasteiger partial charge in [0.1, 0.15) is 5.69 Å². The highest BCUT2D eigenvalue weighted by atomic mass is 16.1. The van der Waals surface area contributed by atoms with E-state index in [9.17, 15) is 4.79 Å². The maximum absolute atomic E-state index is 12.1. The Balaban J connectivity index is 2.10. The van der Waals surface area contributed by atoms with Crippen LogP contribution in [0.4, 0.5) is 5.69 Å². The molecular weight excluding hydrogens is 248 g/mol. The number of hydrogen-bond acceptors (Lipinski definition) is 3. The van der Waals surface area contributed by atoms with E-state index in [1.54, 1.807) is 12.1 Å². The molecule has 104 valence electrons. The number of nitrogens with two attached hydrogens (primary N) is 1. The van der Waals surface area contributed by atoms with Crippen LogP contribution >= 0.6 is 0 Å². The molecule has 0 bridgehead atoms. The number of ketones is 1. The molecule has 1 aromatic carbocycles. The fraction of sp³-hybridized carbons (Fsp3) is 0.294. The average Bonchev–Trinajstić information content (AvgIpc) is 2.39. The smallest absolute Gasteiger partial charge is 0.185 e. The minimum atomic E-state index is 0.00788. The van der Waals surface area contributed by atoms with Crippen molar-refractivity contribution >= 4 is 11.5 Å². The summed E-state index contributed by atoms with van der Waals surface area (Å²) in [7, 11) is 0. The molecule has 0 amide bonds. The predicted molar refractivity (Wildman–Crippen MR) is 81.8 cm³/mol. The first-order valence-electron chi connectivity index (χ1n) is 6.70. The van der Waals surface area contributed by atoms with Crippen molar-refractivity contribution in [3.63, 3.8) is 0 Å². The van der Waals surface area contributed by atoms with Crippen LogP contribution in [0.1, 0.15) is 42.4 Å². The maximum Gasteiger partial charge on any atom is 0.185 e. The summed E-state index contributed by atoms with van der Waals surface area (Å²) in [5, 5.41) is 0. The summed E-state index contributed by atoms with van der Waals surface area (Å²) in [5.74, 6) is 0.00788. The van der Waals surface area contributed by atoms with Crippen LogP contribution in [0.2, 0.25) is 0 Å². The molecule has 3 nitrogen and oxygen atoms in total. The zero-order valence-corrected chi connectivity index (χ0v) is 12.2. The number of carbonyl (C=O) groups excluding carboxylic acids is 1. The number of anilines is 1. The molecule has 2 aromatic rings. The van der Waals surface area contributed by atoms with E-state index in [1.165, 1.54) is 11.8 Å². The van der Waals surface area contributed by atoms with Gasteiger partial charge in [0, 0.05) is 6.42 Å². The first-order chi connectivity index (χ1) is 9.36. The number of nitrogens with zero attached hydrogens (tertiary/aromatic N) is 1. The molecule has 2 rings (SSSR count). The summed E-state index contributed by atoms with van der Waals surface area (Å²) in [6, 6.07) is 11.5. The molecule has 0 radical (unpaired) electrons. The standard InChI is InChI=1S/C17H20N2O/c1-17(2,3)13-6-4-12(5-7-13)10-16(20)15-9-8-14(18)11-19-15/h4-9,11H,10,18H2,1-3H3. The van der Waals surface area contributed by atoms with Gasteiger partial charge in [0.25, 0.3) is 0 Å². The van der Waals surface area contributed by atoms with Crippen LogP contribution in [-0.2, 0) is 11.8 Å². The molecule has 0 unspecified atom stereocenters. The minimum absolute atomic E-state index is 0.00788. The molecule has 1 aromatic heterocycles. The van der Waals surface area contributed by atoms with Gasteiger partial charge in [-0.2, -0.15) is 0 Å². The van der Waals surface area contributed by atoms with Crippen molar-refractivity contribution < 1.29 is 4.79 Å². The van der Waals surface area contributed by atoms with E-state index in [0.717, 1.165) is 5.56 Å². The number of hydrogen-bond donors (Lipinski definition) is 1. The Morgan fingerprint density at radius 2 is 1.75 bits per heavy atom. The lowest BCUT2D eigenvalue weighted by Gasteiger charge is -2.19. The van der Waals surface area contributed by atoms with Gasteiger partial charge in [0.2, 0.25) is 0 Å². The van der Waals surface area contributed by atoms with Gasteiger partial charge in [-0.25, -0.2) is 0 Å². The lowest BCUT2D eigenvalue weighted by Crippen LogP contribution is -2.11. The average molecular weight is 268 g/mol. The Kier molecular flexibility index (Phi) is 3.89. The number of carbonyl (C=O) groups is 1. The van der Waals surface area contributed by atoms with Crippen LogP contribution in [0.3, 0.4) is 0 Å². The van der Waals surface area contributed by atoms with Gasteiger partial charge in [-0.1, -0.05) is 45.0 Å². The predicted octanol–water partition coefficient (Wildman–Crippen LogP) is 3.39. The van der Waals surface area contributed by atoms with Crippen LogP contribution in [-0.4, -0.2) is 10.8 Å². The molecule has 1 heterocycles. The van der Waals surface area contributed by atoms with Gasteiger partial charge < -0.3 is 5.73 Å². The zero-order valence-electron chi connectivity index (χ0n) is 12.2. The van der Waals surface area contributed by atoms with Gasteiger partial charge in [-0.15, -0.1) is 0 Å². The summed E-state index contributed by atoms with van der Waals surface area (Å²) in [6.07, 6.45) is 1.87. The first kappa shape index (κ1) is 14.3. The number of pyridine rings is 1. The van der Waals surface area contributed by atoms with E-state index in [4.69, 9.17) is 5.73 Å². The molecule has 0 spiro atoms. The number of Topliss-reactive ketones (excluding diaryl/α,β-unsaturated/α-hetero) is 1. The molecule has 0 aliphatic heterocycles. The second-order valence-electron chi connectivity index (χ2n) is 6.02. The topological polar surface area (TPSA) is 56.0 Å². The van der Waals surface area contributed by atoms with E-state index in [1.807, 2.05) is 12.1 Å². The molecule has 3 heteroatoms. The summed E-state index contributed by atoms with van der Waals surface area (Å²) in [6.45, 7) is 6.52. The zero-order chi connectivity index (χ0) is 14.8. The Morgan fingerprint density at radius 3 is 2.25 bits per heavy atom. The monoisotopic (exact) mass is 268 g/mol. The van der Waals surface area contributed by atoms with E-state index < -0.39 is 0 Å². The minimum Gasteiger partial charge on any atom is -0.397 e. The van der Waals surface area contributed by atoms with Crippen LogP contribution < -0.4 is 5.73 Å². The molecule has 20 heavy (non-hydrogen) atoms. The van der Waals surface area contributed by atoms with E-state index >= 15 is 0 Å². The number of rotatable bonds is 3. The van der Waals surface area contributed by atoms with Crippen LogP contribution in [0.15, 0.2) is 42.6 Å². The fourth-order valence-corrected chi connectivity index (χ4v) is 1.97. The summed E-state index contributed by atoms with van der Waals surface area (Å²) >= 11 is 0. The lowest BCUT2D eigenvalue weighted by molar-refractivity contribution is 0.0988. The SMILES string of the molecule is CC(C)(C)c1ccc(CC(=O)c2ccc(N)cn2)cc1. The molecular formula is C17H20N2O. The van der Waals surface area contributed by atoms with Crippen molar-refractivity contribution in [2.45, 2.75) is 32.6 Å². The van der Waals surface area contributed by atoms with E-state index in [2.05, 4.69) is 37.9 Å².